The van der Waals surface area contributed by atoms with Crippen molar-refractivity contribution in [1.29, 1.82) is 0 Å². The number of hydrogen-bond donors (Lipinski definition) is 2. The Morgan fingerprint density at radius 1 is 1.00 bits per heavy atom. The molecule has 1 fully saturated rings. The van der Waals surface area contributed by atoms with Crippen LogP contribution in [0.15, 0.2) is 30.6 Å². The van der Waals surface area contributed by atoms with Gasteiger partial charge in [0.25, 0.3) is 5.91 Å². The summed E-state index contributed by atoms with van der Waals surface area (Å²) in [5, 5.41) is 6.37. The molecule has 25 heavy (non-hydrogen) atoms. The van der Waals surface area contributed by atoms with E-state index in [9.17, 15) is 4.79 Å². The first-order chi connectivity index (χ1) is 12.1. The van der Waals surface area contributed by atoms with Crippen molar-refractivity contribution in [1.82, 2.24) is 9.97 Å². The zero-order valence-corrected chi connectivity index (χ0v) is 15.0. The molecule has 2 N–H and O–H groups in total. The number of benzene rings is 1. The summed E-state index contributed by atoms with van der Waals surface area (Å²) in [6.07, 6.45) is 10.7. The molecule has 1 amide bonds. The van der Waals surface area contributed by atoms with Gasteiger partial charge in [0.05, 0.1) is 5.56 Å². The van der Waals surface area contributed by atoms with E-state index in [1.54, 1.807) is 12.4 Å². The molecule has 1 aliphatic rings. The number of amides is 1. The summed E-state index contributed by atoms with van der Waals surface area (Å²) < 4.78 is 0. The van der Waals surface area contributed by atoms with Crippen molar-refractivity contribution in [3.05, 3.63) is 47.3 Å². The van der Waals surface area contributed by atoms with E-state index in [1.165, 1.54) is 25.7 Å². The van der Waals surface area contributed by atoms with Crippen LogP contribution in [-0.2, 0) is 0 Å². The molecular formula is C20H26N4O. The normalized spacial score (nSPS) is 15.4. The average molecular weight is 338 g/mol. The van der Waals surface area contributed by atoms with Gasteiger partial charge in [-0.25, -0.2) is 9.97 Å². The van der Waals surface area contributed by atoms with E-state index in [2.05, 4.69) is 20.6 Å². The van der Waals surface area contributed by atoms with Crippen LogP contribution in [0.3, 0.4) is 0 Å². The number of hydrogen-bond acceptors (Lipinski definition) is 4. The van der Waals surface area contributed by atoms with Crippen LogP contribution in [0, 0.1) is 13.8 Å². The molecule has 0 spiro atoms. The Bertz CT molecular complexity index is 699. The molecule has 1 aliphatic carbocycles. The number of carbonyl (C=O) groups is 1. The fourth-order valence-corrected chi connectivity index (χ4v) is 3.32. The van der Waals surface area contributed by atoms with Gasteiger partial charge >= 0.3 is 0 Å². The lowest BCUT2D eigenvalue weighted by molar-refractivity contribution is 0.102. The minimum absolute atomic E-state index is 0.182. The van der Waals surface area contributed by atoms with Gasteiger partial charge in [-0.15, -0.1) is 0 Å². The molecule has 2 aromatic rings. The standard InChI is InChI=1S/C20H26N4O/c1-14-8-7-9-15(2)18(14)24-19(25)16-12-21-20(22-13-16)23-17-10-5-3-4-6-11-17/h7-9,12-13,17H,3-6,10-11H2,1-2H3,(H,24,25)(H,21,22,23). The van der Waals surface area contributed by atoms with Crippen molar-refractivity contribution >= 4 is 17.5 Å². The third-order valence-electron chi connectivity index (χ3n) is 4.82. The number of rotatable bonds is 4. The lowest BCUT2D eigenvalue weighted by Gasteiger charge is -2.16. The van der Waals surface area contributed by atoms with Gasteiger partial charge in [-0.05, 0) is 37.8 Å². The van der Waals surface area contributed by atoms with Crippen LogP contribution in [0.2, 0.25) is 0 Å². The first-order valence-electron chi connectivity index (χ1n) is 9.09. The minimum Gasteiger partial charge on any atom is -0.351 e. The highest BCUT2D eigenvalue weighted by Gasteiger charge is 2.14. The Hall–Kier alpha value is -2.43. The summed E-state index contributed by atoms with van der Waals surface area (Å²) in [5.41, 5.74) is 3.41. The van der Waals surface area contributed by atoms with E-state index in [0.29, 0.717) is 17.6 Å². The molecule has 0 unspecified atom stereocenters. The fraction of sp³-hybridized carbons (Fsp3) is 0.450. The third-order valence-corrected chi connectivity index (χ3v) is 4.82. The first-order valence-corrected chi connectivity index (χ1v) is 9.09. The summed E-state index contributed by atoms with van der Waals surface area (Å²) in [5.74, 6) is 0.425. The second-order valence-electron chi connectivity index (χ2n) is 6.85. The molecule has 0 aliphatic heterocycles. The van der Waals surface area contributed by atoms with Crippen LogP contribution < -0.4 is 10.6 Å². The van der Waals surface area contributed by atoms with Gasteiger partial charge in [-0.3, -0.25) is 4.79 Å². The van der Waals surface area contributed by atoms with Gasteiger partial charge < -0.3 is 10.6 Å². The molecule has 0 bridgehead atoms. The molecule has 1 aromatic heterocycles. The SMILES string of the molecule is Cc1cccc(C)c1NC(=O)c1cnc(NC2CCCCCC2)nc1. The van der Waals surface area contributed by atoms with E-state index in [4.69, 9.17) is 0 Å². The van der Waals surface area contributed by atoms with Gasteiger partial charge in [0.1, 0.15) is 0 Å². The van der Waals surface area contributed by atoms with Gasteiger partial charge in [-0.2, -0.15) is 0 Å². The van der Waals surface area contributed by atoms with E-state index >= 15 is 0 Å². The number of aromatic nitrogens is 2. The van der Waals surface area contributed by atoms with Crippen molar-refractivity contribution in [2.75, 3.05) is 10.6 Å². The van der Waals surface area contributed by atoms with E-state index < -0.39 is 0 Å². The van der Waals surface area contributed by atoms with Crippen LogP contribution in [0.4, 0.5) is 11.6 Å². The second-order valence-corrected chi connectivity index (χ2v) is 6.85. The first kappa shape index (κ1) is 17.4. The van der Waals surface area contributed by atoms with E-state index in [1.807, 2.05) is 32.0 Å². The van der Waals surface area contributed by atoms with Gasteiger partial charge in [0, 0.05) is 24.1 Å². The highest BCUT2D eigenvalue weighted by atomic mass is 16.1. The quantitative estimate of drug-likeness (QED) is 0.807. The molecule has 5 heteroatoms. The highest BCUT2D eigenvalue weighted by molar-refractivity contribution is 6.04. The zero-order valence-electron chi connectivity index (χ0n) is 15.0. The van der Waals surface area contributed by atoms with Crippen molar-refractivity contribution < 1.29 is 4.79 Å². The second kappa shape index (κ2) is 8.10. The fourth-order valence-electron chi connectivity index (χ4n) is 3.32. The zero-order chi connectivity index (χ0) is 17.6. The van der Waals surface area contributed by atoms with Crippen LogP contribution in [0.25, 0.3) is 0 Å². The Morgan fingerprint density at radius 3 is 2.20 bits per heavy atom. The number of para-hydroxylation sites is 1. The van der Waals surface area contributed by atoms with Crippen LogP contribution in [-0.4, -0.2) is 21.9 Å². The van der Waals surface area contributed by atoms with Gasteiger partial charge in [-0.1, -0.05) is 43.9 Å². The Morgan fingerprint density at radius 2 is 1.60 bits per heavy atom. The molecule has 0 atom stereocenters. The van der Waals surface area contributed by atoms with E-state index in [-0.39, 0.29) is 5.91 Å². The molecule has 1 aromatic carbocycles. The van der Waals surface area contributed by atoms with Crippen LogP contribution in [0.5, 0.6) is 0 Å². The monoisotopic (exact) mass is 338 g/mol. The Balaban J connectivity index is 1.64. The molecule has 0 saturated heterocycles. The van der Waals surface area contributed by atoms with Crippen molar-refractivity contribution in [3.8, 4) is 0 Å². The number of aryl methyl sites for hydroxylation is 2. The largest absolute Gasteiger partial charge is 0.351 e. The van der Waals surface area contributed by atoms with Crippen LogP contribution >= 0.6 is 0 Å². The summed E-state index contributed by atoms with van der Waals surface area (Å²) in [6.45, 7) is 3.97. The predicted molar refractivity (Wildman–Crippen MR) is 101 cm³/mol. The molecule has 132 valence electrons. The number of carbonyl (C=O) groups excluding carboxylic acids is 1. The molecule has 3 rings (SSSR count). The number of nitrogens with one attached hydrogen (secondary N) is 2. The summed E-state index contributed by atoms with van der Waals surface area (Å²) in [4.78, 5) is 21.1. The lowest BCUT2D eigenvalue weighted by Crippen LogP contribution is -2.20. The van der Waals surface area contributed by atoms with Crippen molar-refractivity contribution in [2.24, 2.45) is 0 Å². The predicted octanol–water partition coefficient (Wildman–Crippen LogP) is 4.48. The smallest absolute Gasteiger partial charge is 0.258 e. The lowest BCUT2D eigenvalue weighted by atomic mass is 10.1. The molecule has 0 radical (unpaired) electrons. The topological polar surface area (TPSA) is 66.9 Å². The third kappa shape index (κ3) is 4.56. The molecule has 5 nitrogen and oxygen atoms in total. The molecule has 1 saturated carbocycles. The molecular weight excluding hydrogens is 312 g/mol. The summed E-state index contributed by atoms with van der Waals surface area (Å²) in [6, 6.07) is 6.39. The maximum atomic E-state index is 12.5. The number of nitrogens with zero attached hydrogens (tertiary/aromatic N) is 2. The average Bonchev–Trinajstić information content (AvgIpc) is 2.87. The van der Waals surface area contributed by atoms with Crippen molar-refractivity contribution in [3.63, 3.8) is 0 Å². The minimum atomic E-state index is -0.182. The van der Waals surface area contributed by atoms with E-state index in [0.717, 1.165) is 29.7 Å². The van der Waals surface area contributed by atoms with Crippen molar-refractivity contribution in [2.45, 2.75) is 58.4 Å². The van der Waals surface area contributed by atoms with Crippen LogP contribution in [0.1, 0.15) is 60.0 Å². The summed E-state index contributed by atoms with van der Waals surface area (Å²) >= 11 is 0. The Kier molecular flexibility index (Phi) is 5.64. The summed E-state index contributed by atoms with van der Waals surface area (Å²) in [7, 11) is 0. The maximum Gasteiger partial charge on any atom is 0.258 e. The number of anilines is 2. The van der Waals surface area contributed by atoms with Gasteiger partial charge in [0.15, 0.2) is 0 Å². The maximum absolute atomic E-state index is 12.5. The van der Waals surface area contributed by atoms with Gasteiger partial charge in [0.2, 0.25) is 5.95 Å². The highest BCUT2D eigenvalue weighted by Crippen LogP contribution is 2.21. The Labute approximate surface area is 149 Å². The molecule has 1 heterocycles.